The topological polar surface area (TPSA) is 59.4 Å². The van der Waals surface area contributed by atoms with E-state index >= 15 is 0 Å². The molecule has 0 spiro atoms. The number of unbranched alkanes of at least 4 members (excludes halogenated alkanes) is 11. The predicted molar refractivity (Wildman–Crippen MR) is 195 cm³/mol. The third-order valence-electron chi connectivity index (χ3n) is 9.49. The smallest absolute Gasteiger partial charge is 0.414 e. The highest BCUT2D eigenvalue weighted by Crippen LogP contribution is 2.37. The molecular formula is C42H58F3NO3. The average Bonchev–Trinajstić information content (AvgIpc) is 3.09. The van der Waals surface area contributed by atoms with Crippen molar-refractivity contribution in [3.63, 3.8) is 0 Å². The number of alkyl halides is 3. The van der Waals surface area contributed by atoms with E-state index in [0.29, 0.717) is 25.7 Å². The van der Waals surface area contributed by atoms with Crippen molar-refractivity contribution in [2.24, 2.45) is 0 Å². The van der Waals surface area contributed by atoms with Gasteiger partial charge in [0.05, 0.1) is 5.69 Å². The van der Waals surface area contributed by atoms with E-state index in [1.54, 1.807) is 0 Å². The van der Waals surface area contributed by atoms with Gasteiger partial charge < -0.3 is 9.84 Å². The highest BCUT2D eigenvalue weighted by Gasteiger charge is 2.36. The van der Waals surface area contributed by atoms with Crippen molar-refractivity contribution in [2.75, 3.05) is 6.61 Å². The first-order chi connectivity index (χ1) is 23.7. The van der Waals surface area contributed by atoms with Gasteiger partial charge in [-0.1, -0.05) is 126 Å². The van der Waals surface area contributed by atoms with Crippen molar-refractivity contribution in [3.8, 4) is 22.4 Å². The minimum absolute atomic E-state index is 0.00667. The summed E-state index contributed by atoms with van der Waals surface area (Å²) in [5.41, 5.74) is 6.25. The van der Waals surface area contributed by atoms with Crippen LogP contribution in [0.2, 0.25) is 0 Å². The molecular weight excluding hydrogens is 623 g/mol. The van der Waals surface area contributed by atoms with Crippen LogP contribution in [0.1, 0.15) is 140 Å². The quantitative estimate of drug-likeness (QED) is 0.0904. The lowest BCUT2D eigenvalue weighted by Gasteiger charge is -2.21. The summed E-state index contributed by atoms with van der Waals surface area (Å²) >= 11 is 0. The number of aromatic nitrogens is 1. The zero-order chi connectivity index (χ0) is 35.3. The first-order valence-electron chi connectivity index (χ1n) is 18.7. The minimum atomic E-state index is -4.39. The molecule has 2 atom stereocenters. The Hall–Kier alpha value is -3.19. The number of rotatable bonds is 25. The van der Waals surface area contributed by atoms with Gasteiger partial charge in [-0.15, -0.1) is 0 Å². The normalized spacial score (nSPS) is 13.0. The molecule has 1 aromatic heterocycles. The van der Waals surface area contributed by atoms with E-state index < -0.39 is 18.2 Å². The molecule has 0 fully saturated rings. The van der Waals surface area contributed by atoms with Crippen molar-refractivity contribution in [3.05, 3.63) is 78.0 Å². The maximum Gasteiger partial charge on any atom is 0.414 e. The maximum atomic E-state index is 12.9. The van der Waals surface area contributed by atoms with Crippen LogP contribution < -0.4 is 0 Å². The molecule has 3 rings (SSSR count). The second-order valence-electron chi connectivity index (χ2n) is 13.5. The minimum Gasteiger partial charge on any atom is -0.481 e. The van der Waals surface area contributed by atoms with E-state index in [1.807, 2.05) is 24.4 Å². The summed E-state index contributed by atoms with van der Waals surface area (Å²) in [5.74, 6) is -0.869. The van der Waals surface area contributed by atoms with Crippen LogP contribution in [0.25, 0.3) is 22.4 Å². The van der Waals surface area contributed by atoms with E-state index in [2.05, 4.69) is 49.4 Å². The molecule has 2 aromatic carbocycles. The number of carbonyl (C=O) groups is 1. The third kappa shape index (κ3) is 15.5. The van der Waals surface area contributed by atoms with Crippen molar-refractivity contribution in [2.45, 2.75) is 148 Å². The molecule has 0 saturated heterocycles. The van der Waals surface area contributed by atoms with Gasteiger partial charge in [-0.25, -0.2) is 0 Å². The number of carboxylic acids is 1. The van der Waals surface area contributed by atoms with Crippen LogP contribution in [-0.2, 0) is 16.0 Å². The maximum absolute atomic E-state index is 12.9. The summed E-state index contributed by atoms with van der Waals surface area (Å²) in [4.78, 5) is 16.2. The molecule has 270 valence electrons. The van der Waals surface area contributed by atoms with Crippen molar-refractivity contribution in [1.29, 1.82) is 0 Å². The lowest BCUT2D eigenvalue weighted by Crippen LogP contribution is -2.28. The number of halogens is 3. The molecule has 1 N–H and O–H groups in total. The van der Waals surface area contributed by atoms with E-state index in [-0.39, 0.29) is 18.9 Å². The SMILES string of the molecule is CCCCCCCCCCCCCCc1ccc(-c2cc(C(CCCOC(C)C(F)(F)F)CCCC(=O)O)ccc2-c2ccccc2)nc1. The van der Waals surface area contributed by atoms with E-state index in [4.69, 9.17) is 9.72 Å². The molecule has 2 unspecified atom stereocenters. The first kappa shape index (κ1) is 40.2. The number of pyridine rings is 1. The Morgan fingerprint density at radius 1 is 0.776 bits per heavy atom. The molecule has 0 amide bonds. The second-order valence-corrected chi connectivity index (χ2v) is 13.5. The van der Waals surface area contributed by atoms with Crippen LogP contribution in [0.3, 0.4) is 0 Å². The molecule has 3 aromatic rings. The number of benzene rings is 2. The molecule has 7 heteroatoms. The van der Waals surface area contributed by atoms with Crippen LogP contribution in [0.5, 0.6) is 0 Å². The summed E-state index contributed by atoms with van der Waals surface area (Å²) in [6, 6.07) is 20.7. The largest absolute Gasteiger partial charge is 0.481 e. The molecule has 0 aliphatic heterocycles. The molecule has 49 heavy (non-hydrogen) atoms. The van der Waals surface area contributed by atoms with Crippen LogP contribution in [0, 0.1) is 0 Å². The zero-order valence-corrected chi connectivity index (χ0v) is 29.8. The molecule has 0 radical (unpaired) electrons. The number of nitrogens with zero attached hydrogens (tertiary/aromatic N) is 1. The monoisotopic (exact) mass is 681 g/mol. The molecule has 0 aliphatic rings. The Labute approximate surface area is 292 Å². The highest BCUT2D eigenvalue weighted by molar-refractivity contribution is 5.82. The van der Waals surface area contributed by atoms with E-state index in [9.17, 15) is 23.1 Å². The molecule has 4 nitrogen and oxygen atoms in total. The van der Waals surface area contributed by atoms with Gasteiger partial charge in [-0.05, 0) is 85.8 Å². The average molecular weight is 682 g/mol. The fraction of sp³-hybridized carbons (Fsp3) is 0.571. The third-order valence-corrected chi connectivity index (χ3v) is 9.49. The van der Waals surface area contributed by atoms with Crippen LogP contribution in [-0.4, -0.2) is 34.9 Å². The van der Waals surface area contributed by atoms with Gasteiger partial charge in [0.2, 0.25) is 0 Å². The van der Waals surface area contributed by atoms with Crippen molar-refractivity contribution >= 4 is 5.97 Å². The van der Waals surface area contributed by atoms with Crippen LogP contribution in [0.4, 0.5) is 13.2 Å². The molecule has 0 bridgehead atoms. The van der Waals surface area contributed by atoms with Gasteiger partial charge in [0.15, 0.2) is 6.10 Å². The Balaban J connectivity index is 1.65. The Bertz CT molecular complexity index is 1330. The first-order valence-corrected chi connectivity index (χ1v) is 18.7. The molecule has 1 heterocycles. The number of ether oxygens (including phenoxy) is 1. The Morgan fingerprint density at radius 2 is 1.41 bits per heavy atom. The Kier molecular flexibility index (Phi) is 18.5. The number of carboxylic acid groups (broad SMARTS) is 1. The van der Waals surface area contributed by atoms with E-state index in [0.717, 1.165) is 47.7 Å². The van der Waals surface area contributed by atoms with E-state index in [1.165, 1.54) is 76.2 Å². The fourth-order valence-electron chi connectivity index (χ4n) is 6.46. The number of aryl methyl sites for hydroxylation is 1. The molecule has 0 saturated carbocycles. The summed E-state index contributed by atoms with van der Waals surface area (Å²) in [6.45, 7) is 3.28. The lowest BCUT2D eigenvalue weighted by atomic mass is 9.86. The number of aliphatic carboxylic acids is 1. The molecule has 0 aliphatic carbocycles. The van der Waals surface area contributed by atoms with Gasteiger partial charge in [0, 0.05) is 24.8 Å². The highest BCUT2D eigenvalue weighted by atomic mass is 19.4. The van der Waals surface area contributed by atoms with Gasteiger partial charge in [0.1, 0.15) is 0 Å². The summed E-state index contributed by atoms with van der Waals surface area (Å²) < 4.78 is 43.9. The number of hydrogen-bond donors (Lipinski definition) is 1. The van der Waals surface area contributed by atoms with Crippen molar-refractivity contribution < 1.29 is 27.8 Å². The summed E-state index contributed by atoms with van der Waals surface area (Å²) in [7, 11) is 0. The Morgan fingerprint density at radius 3 is 2.00 bits per heavy atom. The van der Waals surface area contributed by atoms with Crippen LogP contribution >= 0.6 is 0 Å². The second kappa shape index (κ2) is 22.5. The lowest BCUT2D eigenvalue weighted by molar-refractivity contribution is -0.214. The van der Waals surface area contributed by atoms with Gasteiger partial charge in [-0.3, -0.25) is 9.78 Å². The van der Waals surface area contributed by atoms with Gasteiger partial charge in [0.25, 0.3) is 0 Å². The summed E-state index contributed by atoms with van der Waals surface area (Å²) in [5, 5.41) is 9.24. The number of hydrogen-bond acceptors (Lipinski definition) is 3. The zero-order valence-electron chi connectivity index (χ0n) is 29.8. The van der Waals surface area contributed by atoms with Gasteiger partial charge in [-0.2, -0.15) is 13.2 Å². The van der Waals surface area contributed by atoms with Crippen LogP contribution in [0.15, 0.2) is 66.9 Å². The standard InChI is InChI=1S/C42H58F3NO3/c1-3-4-5-6-7-8-9-10-11-12-13-15-20-34-26-29-40(46-32-34)39-31-37(27-28-38(39)36-21-16-14-17-22-36)35(23-18-25-41(47)48)24-19-30-49-33(2)42(43,44)45/h14,16-17,21-22,26-29,31-33,35H,3-13,15,18-20,23-25,30H2,1-2H3,(H,47,48). The fourth-order valence-corrected chi connectivity index (χ4v) is 6.46. The predicted octanol–water partition coefficient (Wildman–Crippen LogP) is 12.7. The van der Waals surface area contributed by atoms with Gasteiger partial charge >= 0.3 is 12.1 Å². The van der Waals surface area contributed by atoms with Crippen molar-refractivity contribution in [1.82, 2.24) is 4.98 Å². The summed E-state index contributed by atoms with van der Waals surface area (Å²) in [6.07, 6.45) is 14.9.